The van der Waals surface area contributed by atoms with Crippen LogP contribution < -0.4 is 0 Å². The van der Waals surface area contributed by atoms with Crippen molar-refractivity contribution in [3.05, 3.63) is 58.7 Å². The van der Waals surface area contributed by atoms with Crippen LogP contribution in [0.1, 0.15) is 58.3 Å². The Hall–Kier alpha value is -2.01. The van der Waals surface area contributed by atoms with Crippen LogP contribution in [0.4, 0.5) is 0 Å². The highest BCUT2D eigenvalue weighted by atomic mass is 16.6. The first-order valence-electron chi connectivity index (χ1n) is 8.90. The third-order valence-corrected chi connectivity index (χ3v) is 3.64. The molecule has 5 heteroatoms. The van der Waals surface area contributed by atoms with Gasteiger partial charge in [-0.3, -0.25) is 14.9 Å². The molecule has 0 amide bonds. The van der Waals surface area contributed by atoms with Crippen LogP contribution in [0.25, 0.3) is 0 Å². The second kappa shape index (κ2) is 16.8. The molecule has 0 aliphatic carbocycles. The molecule has 2 unspecified atom stereocenters. The Balaban J connectivity index is 3.79. The van der Waals surface area contributed by atoms with E-state index < -0.39 is 17.1 Å². The molecule has 0 spiro atoms. The van der Waals surface area contributed by atoms with Gasteiger partial charge in [0, 0.05) is 17.8 Å². The van der Waals surface area contributed by atoms with Gasteiger partial charge in [-0.1, -0.05) is 55.5 Å². The lowest BCUT2D eigenvalue weighted by Gasteiger charge is -2.12. The molecule has 0 aromatic heterocycles. The first kappa shape index (κ1) is 23.0. The SMILES string of the molecule is CCC(O)C(C/C=C\C/C=C\C/C=C\C/C=C\CCC[C]=O)[N+](=O)[O-]. The topological polar surface area (TPSA) is 80.4 Å². The van der Waals surface area contributed by atoms with Crippen LogP contribution in [-0.4, -0.2) is 28.5 Å². The molecule has 0 fully saturated rings. The molecule has 2 atom stereocenters. The van der Waals surface area contributed by atoms with Crippen LogP contribution in [0.3, 0.4) is 0 Å². The Morgan fingerprint density at radius 2 is 1.52 bits per heavy atom. The fourth-order valence-corrected chi connectivity index (χ4v) is 2.11. The molecule has 0 rings (SSSR count). The maximum Gasteiger partial charge on any atom is 0.241 e. The van der Waals surface area contributed by atoms with Crippen LogP contribution in [0.2, 0.25) is 0 Å². The van der Waals surface area contributed by atoms with E-state index in [1.807, 2.05) is 18.4 Å². The summed E-state index contributed by atoms with van der Waals surface area (Å²) in [4.78, 5) is 20.5. The van der Waals surface area contributed by atoms with Crippen molar-refractivity contribution >= 4 is 6.29 Å². The lowest BCUT2D eigenvalue weighted by molar-refractivity contribution is -0.533. The molecule has 5 nitrogen and oxygen atoms in total. The van der Waals surface area contributed by atoms with E-state index in [1.165, 1.54) is 0 Å². The first-order valence-corrected chi connectivity index (χ1v) is 8.90. The average molecular weight is 348 g/mol. The van der Waals surface area contributed by atoms with E-state index in [2.05, 4.69) is 30.4 Å². The van der Waals surface area contributed by atoms with Gasteiger partial charge in [-0.25, -0.2) is 0 Å². The van der Waals surface area contributed by atoms with E-state index in [0.717, 1.165) is 32.1 Å². The second-order valence-electron chi connectivity index (χ2n) is 5.69. The molecule has 0 saturated carbocycles. The zero-order valence-corrected chi connectivity index (χ0v) is 15.0. The summed E-state index contributed by atoms with van der Waals surface area (Å²) in [5.41, 5.74) is 0. The lowest BCUT2D eigenvalue weighted by atomic mass is 10.1. The number of nitrogens with zero attached hydrogens (tertiary/aromatic N) is 1. The predicted octanol–water partition coefficient (Wildman–Crippen LogP) is 4.47. The average Bonchev–Trinajstić information content (AvgIpc) is 2.60. The molecule has 0 saturated heterocycles. The molecular formula is C20H30NO4. The summed E-state index contributed by atoms with van der Waals surface area (Å²) in [6.07, 6.45) is 22.5. The number of allylic oxidation sites excluding steroid dienone is 7. The Morgan fingerprint density at radius 1 is 1.00 bits per heavy atom. The number of rotatable bonds is 15. The van der Waals surface area contributed by atoms with E-state index in [-0.39, 0.29) is 6.42 Å². The lowest BCUT2D eigenvalue weighted by Crippen LogP contribution is -2.32. The van der Waals surface area contributed by atoms with E-state index in [9.17, 15) is 20.0 Å². The van der Waals surface area contributed by atoms with Crippen molar-refractivity contribution in [3.63, 3.8) is 0 Å². The van der Waals surface area contributed by atoms with Crippen molar-refractivity contribution in [2.24, 2.45) is 0 Å². The van der Waals surface area contributed by atoms with Crippen LogP contribution in [0.5, 0.6) is 0 Å². The number of nitro groups is 1. The monoisotopic (exact) mass is 348 g/mol. The van der Waals surface area contributed by atoms with Gasteiger partial charge < -0.3 is 5.11 Å². The van der Waals surface area contributed by atoms with Crippen molar-refractivity contribution in [2.45, 2.75) is 70.4 Å². The molecule has 0 aliphatic rings. The predicted molar refractivity (Wildman–Crippen MR) is 102 cm³/mol. The standard InChI is InChI=1S/C20H30NO4/c1-2-20(23)19(21(24)25)17-15-13-11-9-7-5-3-4-6-8-10-12-14-16-18-22/h3-4,7-10,13,15,19-20,23H,2,5-6,11-12,14,16-17H2,1H3/b4-3-,9-7-,10-8-,15-13-. The van der Waals surface area contributed by atoms with Crippen molar-refractivity contribution in [1.82, 2.24) is 0 Å². The molecule has 0 heterocycles. The van der Waals surface area contributed by atoms with Crippen molar-refractivity contribution in [1.29, 1.82) is 0 Å². The van der Waals surface area contributed by atoms with Gasteiger partial charge in [-0.2, -0.15) is 0 Å². The minimum absolute atomic E-state index is 0.257. The zero-order chi connectivity index (χ0) is 18.8. The van der Waals surface area contributed by atoms with Crippen molar-refractivity contribution < 1.29 is 14.8 Å². The number of aliphatic hydroxyl groups is 1. The minimum atomic E-state index is -0.919. The van der Waals surface area contributed by atoms with Gasteiger partial charge in [-0.05, 0) is 38.5 Å². The fourth-order valence-electron chi connectivity index (χ4n) is 2.11. The van der Waals surface area contributed by atoms with Crippen LogP contribution in [0.15, 0.2) is 48.6 Å². The van der Waals surface area contributed by atoms with Gasteiger partial charge in [0.2, 0.25) is 6.04 Å². The maximum atomic E-state index is 10.8. The Morgan fingerprint density at radius 3 is 2.00 bits per heavy atom. The molecule has 0 bridgehead atoms. The molecular weight excluding hydrogens is 318 g/mol. The Bertz CT molecular complexity index is 466. The van der Waals surface area contributed by atoms with Gasteiger partial charge in [0.15, 0.2) is 6.29 Å². The number of unbranched alkanes of at least 4 members (excludes halogenated alkanes) is 2. The smallest absolute Gasteiger partial charge is 0.241 e. The van der Waals surface area contributed by atoms with Crippen LogP contribution in [-0.2, 0) is 4.79 Å². The summed E-state index contributed by atoms with van der Waals surface area (Å²) in [5.74, 6) is 0. The van der Waals surface area contributed by atoms with Gasteiger partial charge >= 0.3 is 0 Å². The highest BCUT2D eigenvalue weighted by molar-refractivity contribution is 5.50. The Labute approximate surface area is 151 Å². The number of aliphatic hydroxyl groups excluding tert-OH is 1. The molecule has 25 heavy (non-hydrogen) atoms. The van der Waals surface area contributed by atoms with Gasteiger partial charge in [0.25, 0.3) is 0 Å². The first-order chi connectivity index (χ1) is 12.1. The van der Waals surface area contributed by atoms with Gasteiger partial charge in [0.1, 0.15) is 6.10 Å². The highest BCUT2D eigenvalue weighted by Gasteiger charge is 2.26. The number of hydrogen-bond acceptors (Lipinski definition) is 4. The van der Waals surface area contributed by atoms with E-state index >= 15 is 0 Å². The third-order valence-electron chi connectivity index (χ3n) is 3.64. The summed E-state index contributed by atoms with van der Waals surface area (Å²) in [6.45, 7) is 1.74. The molecule has 0 aromatic rings. The van der Waals surface area contributed by atoms with Gasteiger partial charge in [-0.15, -0.1) is 0 Å². The molecule has 139 valence electrons. The second-order valence-corrected chi connectivity index (χ2v) is 5.69. The molecule has 0 aliphatic heterocycles. The van der Waals surface area contributed by atoms with Gasteiger partial charge in [0.05, 0.1) is 0 Å². The van der Waals surface area contributed by atoms with E-state index in [1.54, 1.807) is 13.0 Å². The minimum Gasteiger partial charge on any atom is -0.386 e. The molecule has 1 N–H and O–H groups in total. The summed E-state index contributed by atoms with van der Waals surface area (Å²) >= 11 is 0. The van der Waals surface area contributed by atoms with Crippen molar-refractivity contribution in [2.75, 3.05) is 0 Å². The summed E-state index contributed by atoms with van der Waals surface area (Å²) < 4.78 is 0. The highest BCUT2D eigenvalue weighted by Crippen LogP contribution is 2.08. The number of carbonyl (C=O) groups excluding carboxylic acids is 1. The van der Waals surface area contributed by atoms with Crippen LogP contribution >= 0.6 is 0 Å². The van der Waals surface area contributed by atoms with E-state index in [4.69, 9.17) is 0 Å². The van der Waals surface area contributed by atoms with E-state index in [0.29, 0.717) is 12.8 Å². The summed E-state index contributed by atoms with van der Waals surface area (Å²) in [6, 6.07) is -0.919. The van der Waals surface area contributed by atoms with Crippen molar-refractivity contribution in [3.8, 4) is 0 Å². The van der Waals surface area contributed by atoms with Crippen LogP contribution in [0, 0.1) is 10.1 Å². The molecule has 1 radical (unpaired) electrons. The normalized spacial score (nSPS) is 14.8. The summed E-state index contributed by atoms with van der Waals surface area (Å²) in [7, 11) is 0. The Kier molecular flexibility index (Phi) is 15.5. The molecule has 0 aromatic carbocycles. The fraction of sp³-hybridized carbons (Fsp3) is 0.550. The zero-order valence-electron chi connectivity index (χ0n) is 15.0. The third kappa shape index (κ3) is 14.1. The summed E-state index contributed by atoms with van der Waals surface area (Å²) in [5, 5.41) is 20.4. The quantitative estimate of drug-likeness (QED) is 0.205. The number of hydrogen-bond donors (Lipinski definition) is 1. The largest absolute Gasteiger partial charge is 0.386 e. The maximum absolute atomic E-state index is 10.8.